The van der Waals surface area contributed by atoms with Crippen LogP contribution in [0.5, 0.6) is 0 Å². The van der Waals surface area contributed by atoms with E-state index in [1.54, 1.807) is 11.1 Å². The van der Waals surface area contributed by atoms with Gasteiger partial charge in [0, 0.05) is 16.1 Å². The van der Waals surface area contributed by atoms with Gasteiger partial charge >= 0.3 is 0 Å². The van der Waals surface area contributed by atoms with Crippen LogP contribution in [0.4, 0.5) is 0 Å². The van der Waals surface area contributed by atoms with Gasteiger partial charge in [-0.05, 0) is 61.3 Å². The summed E-state index contributed by atoms with van der Waals surface area (Å²) in [5, 5.41) is 0. The first kappa shape index (κ1) is 16.9. The standard InChI is InChI=1S/C18H21BrN.HI/c1-20-12-11-18-15(3-2-4-16(18)13-20)8-5-14-6-9-17(19)10-7-14;/h6-7,9-13,15H,2-5,8H2,1H3;1H/q+1;/p-1. The van der Waals surface area contributed by atoms with Gasteiger partial charge in [0.2, 0.25) is 0 Å². The van der Waals surface area contributed by atoms with E-state index in [0.717, 1.165) is 10.4 Å². The monoisotopic (exact) mass is 457 g/mol. The van der Waals surface area contributed by atoms with Gasteiger partial charge in [-0.15, -0.1) is 0 Å². The van der Waals surface area contributed by atoms with Gasteiger partial charge in [-0.25, -0.2) is 4.57 Å². The van der Waals surface area contributed by atoms with E-state index in [0.29, 0.717) is 0 Å². The second-order valence-corrected chi connectivity index (χ2v) is 6.76. The first-order valence-corrected chi connectivity index (χ1v) is 8.24. The van der Waals surface area contributed by atoms with Crippen LogP contribution in [0.1, 0.15) is 41.9 Å². The van der Waals surface area contributed by atoms with Crippen LogP contribution < -0.4 is 28.5 Å². The molecule has 0 saturated heterocycles. The molecule has 3 heteroatoms. The Labute approximate surface area is 152 Å². The molecule has 1 aromatic carbocycles. The minimum absolute atomic E-state index is 0. The van der Waals surface area contributed by atoms with Crippen LogP contribution in [0.15, 0.2) is 47.2 Å². The highest BCUT2D eigenvalue weighted by Crippen LogP contribution is 2.34. The SMILES string of the molecule is C[n+]1ccc2c(c1)CCCC2CCc1ccc(Br)cc1.[I-]. The number of halogens is 2. The molecule has 2 aromatic rings. The van der Waals surface area contributed by atoms with Crippen molar-refractivity contribution in [1.82, 2.24) is 0 Å². The van der Waals surface area contributed by atoms with E-state index in [4.69, 9.17) is 0 Å². The van der Waals surface area contributed by atoms with Crippen molar-refractivity contribution in [2.24, 2.45) is 7.05 Å². The molecule has 3 rings (SSSR count). The number of benzene rings is 1. The normalized spacial score (nSPS) is 17.0. The van der Waals surface area contributed by atoms with Crippen molar-refractivity contribution in [3.63, 3.8) is 0 Å². The van der Waals surface area contributed by atoms with Gasteiger partial charge in [-0.2, -0.15) is 0 Å². The Bertz CT molecular complexity index is 595. The lowest BCUT2D eigenvalue weighted by atomic mass is 9.81. The number of pyridine rings is 1. The fourth-order valence-corrected chi connectivity index (χ4v) is 3.53. The summed E-state index contributed by atoms with van der Waals surface area (Å²) in [7, 11) is 2.12. The zero-order chi connectivity index (χ0) is 13.9. The maximum Gasteiger partial charge on any atom is 0.171 e. The maximum absolute atomic E-state index is 3.50. The van der Waals surface area contributed by atoms with E-state index in [-0.39, 0.29) is 24.0 Å². The van der Waals surface area contributed by atoms with Crippen LogP contribution in [-0.2, 0) is 19.9 Å². The zero-order valence-corrected chi connectivity index (χ0v) is 16.1. The third-order valence-corrected chi connectivity index (χ3v) is 4.88. The molecule has 0 bridgehead atoms. The summed E-state index contributed by atoms with van der Waals surface area (Å²) in [6.07, 6.45) is 10.9. The molecule has 21 heavy (non-hydrogen) atoms. The molecule has 0 N–H and O–H groups in total. The molecule has 1 aliphatic rings. The molecular weight excluding hydrogens is 437 g/mol. The minimum Gasteiger partial charge on any atom is -1.00 e. The van der Waals surface area contributed by atoms with Crippen molar-refractivity contribution in [2.45, 2.75) is 38.0 Å². The summed E-state index contributed by atoms with van der Waals surface area (Å²) in [6.45, 7) is 0. The van der Waals surface area contributed by atoms with Crippen LogP contribution in [0.25, 0.3) is 0 Å². The number of rotatable bonds is 3. The molecule has 1 aliphatic carbocycles. The third-order valence-electron chi connectivity index (χ3n) is 4.35. The van der Waals surface area contributed by atoms with Crippen LogP contribution >= 0.6 is 15.9 Å². The van der Waals surface area contributed by atoms with Crippen LogP contribution in [0, 0.1) is 0 Å². The van der Waals surface area contributed by atoms with Crippen LogP contribution in [0.2, 0.25) is 0 Å². The molecule has 0 aliphatic heterocycles. The predicted octanol–water partition coefficient (Wildman–Crippen LogP) is 1.33. The fraction of sp³-hybridized carbons (Fsp3) is 0.389. The molecule has 0 radical (unpaired) electrons. The summed E-state index contributed by atoms with van der Waals surface area (Å²) in [5.41, 5.74) is 4.59. The molecule has 1 nitrogen and oxygen atoms in total. The maximum atomic E-state index is 3.50. The Kier molecular flexibility index (Phi) is 6.23. The number of fused-ring (bicyclic) bond motifs is 1. The average Bonchev–Trinajstić information content (AvgIpc) is 2.46. The molecule has 1 atom stereocenters. The van der Waals surface area contributed by atoms with E-state index < -0.39 is 0 Å². The number of nitrogens with zero attached hydrogens (tertiary/aromatic N) is 1. The Morgan fingerprint density at radius 2 is 1.95 bits per heavy atom. The quantitative estimate of drug-likeness (QED) is 0.483. The molecule has 1 aromatic heterocycles. The van der Waals surface area contributed by atoms with Crippen LogP contribution in [-0.4, -0.2) is 0 Å². The lowest BCUT2D eigenvalue weighted by molar-refractivity contribution is -0.672. The molecule has 1 unspecified atom stereocenters. The van der Waals surface area contributed by atoms with Crippen molar-refractivity contribution in [3.8, 4) is 0 Å². The Balaban J connectivity index is 0.00000161. The zero-order valence-electron chi connectivity index (χ0n) is 12.4. The second kappa shape index (κ2) is 7.73. The lowest BCUT2D eigenvalue weighted by Crippen LogP contribution is -3.00. The molecule has 0 spiro atoms. The molecule has 0 fully saturated rings. The van der Waals surface area contributed by atoms with Crippen molar-refractivity contribution >= 4 is 15.9 Å². The minimum atomic E-state index is 0. The number of hydrogen-bond donors (Lipinski definition) is 0. The summed E-state index contributed by atoms with van der Waals surface area (Å²) in [5.74, 6) is 0.739. The molecule has 0 saturated carbocycles. The topological polar surface area (TPSA) is 3.88 Å². The van der Waals surface area contributed by atoms with Gasteiger partial charge in [-0.3, -0.25) is 0 Å². The van der Waals surface area contributed by atoms with Gasteiger partial charge in [0.15, 0.2) is 12.4 Å². The molecule has 1 heterocycles. The number of aryl methyl sites for hydroxylation is 3. The first-order valence-electron chi connectivity index (χ1n) is 7.45. The largest absolute Gasteiger partial charge is 1.00 e. The van der Waals surface area contributed by atoms with Crippen molar-refractivity contribution < 1.29 is 28.5 Å². The number of hydrogen-bond acceptors (Lipinski definition) is 0. The van der Waals surface area contributed by atoms with Gasteiger partial charge in [-0.1, -0.05) is 28.1 Å². The summed E-state index contributed by atoms with van der Waals surface area (Å²) in [6, 6.07) is 11.1. The predicted molar refractivity (Wildman–Crippen MR) is 85.8 cm³/mol. The van der Waals surface area contributed by atoms with Crippen LogP contribution in [0.3, 0.4) is 0 Å². The highest BCUT2D eigenvalue weighted by Gasteiger charge is 2.21. The van der Waals surface area contributed by atoms with E-state index in [2.05, 4.69) is 70.3 Å². The highest BCUT2D eigenvalue weighted by molar-refractivity contribution is 9.10. The average molecular weight is 458 g/mol. The third kappa shape index (κ3) is 4.28. The Hall–Kier alpha value is -0.420. The van der Waals surface area contributed by atoms with E-state index in [1.165, 1.54) is 37.7 Å². The highest BCUT2D eigenvalue weighted by atomic mass is 127. The summed E-state index contributed by atoms with van der Waals surface area (Å²) < 4.78 is 3.34. The number of aromatic nitrogens is 1. The van der Waals surface area contributed by atoms with E-state index in [9.17, 15) is 0 Å². The second-order valence-electron chi connectivity index (χ2n) is 5.85. The summed E-state index contributed by atoms with van der Waals surface area (Å²) in [4.78, 5) is 0. The van der Waals surface area contributed by atoms with E-state index in [1.807, 2.05) is 0 Å². The first-order chi connectivity index (χ1) is 9.72. The molecule has 112 valence electrons. The molecular formula is C18H21BrIN. The smallest absolute Gasteiger partial charge is 0.171 e. The van der Waals surface area contributed by atoms with Crippen molar-refractivity contribution in [1.29, 1.82) is 0 Å². The van der Waals surface area contributed by atoms with Gasteiger partial charge in [0.25, 0.3) is 0 Å². The summed E-state index contributed by atoms with van der Waals surface area (Å²) >= 11 is 3.50. The van der Waals surface area contributed by atoms with E-state index >= 15 is 0 Å². The Morgan fingerprint density at radius 1 is 1.19 bits per heavy atom. The molecule has 0 amide bonds. The van der Waals surface area contributed by atoms with Crippen molar-refractivity contribution in [3.05, 3.63) is 63.9 Å². The fourth-order valence-electron chi connectivity index (χ4n) is 3.26. The van der Waals surface area contributed by atoms with Crippen molar-refractivity contribution in [2.75, 3.05) is 0 Å². The van der Waals surface area contributed by atoms with Gasteiger partial charge < -0.3 is 24.0 Å². The van der Waals surface area contributed by atoms with Gasteiger partial charge in [0.05, 0.1) is 0 Å². The van der Waals surface area contributed by atoms with Gasteiger partial charge in [0.1, 0.15) is 7.05 Å². The Morgan fingerprint density at radius 3 is 2.71 bits per heavy atom. The lowest BCUT2D eigenvalue weighted by Gasteiger charge is -2.24.